The molecule has 9 nitrogen and oxygen atoms in total. The maximum absolute atomic E-state index is 13.2. The molecule has 0 radical (unpaired) electrons. The fourth-order valence-corrected chi connectivity index (χ4v) is 6.31. The van der Waals surface area contributed by atoms with E-state index < -0.39 is 23.2 Å². The lowest BCUT2D eigenvalue weighted by Gasteiger charge is -2.45. The minimum Gasteiger partial charge on any atom is -0.444 e. The molecule has 0 unspecified atom stereocenters. The molecule has 0 bridgehead atoms. The van der Waals surface area contributed by atoms with E-state index in [0.29, 0.717) is 58.2 Å². The van der Waals surface area contributed by atoms with Crippen molar-refractivity contribution in [2.45, 2.75) is 71.2 Å². The number of benzene rings is 3. The number of carbonyl (C=O) groups is 2. The van der Waals surface area contributed by atoms with E-state index in [-0.39, 0.29) is 6.09 Å². The van der Waals surface area contributed by atoms with Crippen LogP contribution in [0.15, 0.2) is 66.7 Å². The van der Waals surface area contributed by atoms with Gasteiger partial charge in [0.1, 0.15) is 5.60 Å². The molecule has 1 heterocycles. The summed E-state index contributed by atoms with van der Waals surface area (Å²) >= 11 is 0. The van der Waals surface area contributed by atoms with Crippen LogP contribution in [0.2, 0.25) is 0 Å². The summed E-state index contributed by atoms with van der Waals surface area (Å²) < 4.78 is 16.8. The Morgan fingerprint density at radius 1 is 1.09 bits per heavy atom. The fourth-order valence-electron chi connectivity index (χ4n) is 6.31. The number of piperidine rings is 1. The number of hydrogen-bond acceptors (Lipinski definition) is 6. The summed E-state index contributed by atoms with van der Waals surface area (Å²) in [6.45, 7) is 12.6. The highest BCUT2D eigenvalue weighted by Crippen LogP contribution is 2.45. The van der Waals surface area contributed by atoms with Gasteiger partial charge in [-0.05, 0) is 79.5 Å². The van der Waals surface area contributed by atoms with Crippen molar-refractivity contribution in [3.8, 4) is 11.1 Å². The zero-order valence-electron chi connectivity index (χ0n) is 28.7. The number of carbonyl (C=O) groups excluding carboxylic acids is 2. The summed E-state index contributed by atoms with van der Waals surface area (Å²) in [6, 6.07) is 21.8. The van der Waals surface area contributed by atoms with Gasteiger partial charge >= 0.3 is 12.1 Å². The van der Waals surface area contributed by atoms with Crippen molar-refractivity contribution >= 4 is 12.1 Å². The van der Waals surface area contributed by atoms with Gasteiger partial charge in [-0.25, -0.2) is 9.59 Å². The van der Waals surface area contributed by atoms with Crippen molar-refractivity contribution in [2.75, 3.05) is 40.0 Å². The summed E-state index contributed by atoms with van der Waals surface area (Å²) in [6.07, 6.45) is 0.617. The van der Waals surface area contributed by atoms with Gasteiger partial charge in [-0.1, -0.05) is 73.7 Å². The molecule has 0 spiro atoms. The lowest BCUT2D eigenvalue weighted by molar-refractivity contribution is -0.0529. The Morgan fingerprint density at radius 2 is 1.81 bits per heavy atom. The van der Waals surface area contributed by atoms with Gasteiger partial charge in [0.05, 0.1) is 25.4 Å². The average Bonchev–Trinajstić information content (AvgIpc) is 3.01. The Kier molecular flexibility index (Phi) is 12.1. The van der Waals surface area contributed by atoms with Gasteiger partial charge in [0.15, 0.2) is 0 Å². The van der Waals surface area contributed by atoms with Crippen LogP contribution in [0.4, 0.5) is 9.59 Å². The van der Waals surface area contributed by atoms with Crippen LogP contribution >= 0.6 is 0 Å². The molecule has 0 aliphatic carbocycles. The van der Waals surface area contributed by atoms with Crippen LogP contribution in [0.25, 0.3) is 11.1 Å². The second-order valence-corrected chi connectivity index (χ2v) is 13.7. The van der Waals surface area contributed by atoms with E-state index in [1.54, 1.807) is 12.0 Å². The Labute approximate surface area is 279 Å². The fraction of sp³-hybridized carbons (Fsp3) is 0.474. The minimum absolute atomic E-state index is 0.304. The number of ether oxygens (including phenoxy) is 3. The smallest absolute Gasteiger partial charge is 0.410 e. The number of nitrogens with two attached hydrogens (primary N) is 1. The van der Waals surface area contributed by atoms with Gasteiger partial charge in [0.25, 0.3) is 0 Å². The highest BCUT2D eigenvalue weighted by molar-refractivity contribution is 5.72. The zero-order valence-corrected chi connectivity index (χ0v) is 28.7. The van der Waals surface area contributed by atoms with E-state index in [0.717, 1.165) is 38.9 Å². The Hall–Kier alpha value is -3.92. The maximum atomic E-state index is 13.2. The Balaban J connectivity index is 1.63. The second-order valence-electron chi connectivity index (χ2n) is 13.7. The molecule has 1 aliphatic rings. The van der Waals surface area contributed by atoms with Crippen molar-refractivity contribution in [3.05, 3.63) is 94.5 Å². The number of amides is 3. The lowest BCUT2D eigenvalue weighted by Crippen LogP contribution is -2.51. The number of aryl methyl sites for hydroxylation is 1. The summed E-state index contributed by atoms with van der Waals surface area (Å²) in [5.41, 5.74) is 10.4. The minimum atomic E-state index is -1.21. The highest BCUT2D eigenvalue weighted by Gasteiger charge is 2.46. The van der Waals surface area contributed by atoms with Gasteiger partial charge in [-0.15, -0.1) is 0 Å². The molecule has 3 amide bonds. The predicted molar refractivity (Wildman–Crippen MR) is 184 cm³/mol. The van der Waals surface area contributed by atoms with E-state index in [4.69, 9.17) is 19.9 Å². The molecule has 3 aromatic rings. The van der Waals surface area contributed by atoms with Crippen molar-refractivity contribution in [1.29, 1.82) is 0 Å². The second kappa shape index (κ2) is 15.8. The number of hydrogen-bond donors (Lipinski definition) is 3. The number of likely N-dealkylation sites (tertiary alicyclic amines) is 1. The molecule has 9 heteroatoms. The van der Waals surface area contributed by atoms with Gasteiger partial charge in [0, 0.05) is 38.6 Å². The van der Waals surface area contributed by atoms with Gasteiger partial charge in [0.2, 0.25) is 0 Å². The lowest BCUT2D eigenvalue weighted by atomic mass is 9.71. The first-order valence-electron chi connectivity index (χ1n) is 16.4. The van der Waals surface area contributed by atoms with Crippen LogP contribution in [-0.2, 0) is 32.8 Å². The molecule has 3 aromatic carbocycles. The number of primary amides is 1. The van der Waals surface area contributed by atoms with E-state index in [1.165, 1.54) is 0 Å². The number of rotatable bonds is 12. The third-order valence-corrected chi connectivity index (χ3v) is 8.64. The van der Waals surface area contributed by atoms with Crippen LogP contribution in [0, 0.1) is 12.8 Å². The predicted octanol–water partition coefficient (Wildman–Crippen LogP) is 6.28. The maximum Gasteiger partial charge on any atom is 0.410 e. The van der Waals surface area contributed by atoms with Crippen LogP contribution in [0.5, 0.6) is 0 Å². The van der Waals surface area contributed by atoms with Crippen molar-refractivity contribution < 1.29 is 28.9 Å². The average molecular weight is 646 g/mol. The molecule has 4 N–H and O–H groups in total. The normalized spacial score (nSPS) is 18.9. The SMILES string of the molecule is COC[C@H](C)COCc1ccc([C@@]2(O)CCN(C(=O)OC(C)(C)C)C[C@@H]2c2ccc(-c3ccccc3CCNC(N)=O)cc2C)cc1. The van der Waals surface area contributed by atoms with Gasteiger partial charge in [-0.2, -0.15) is 0 Å². The summed E-state index contributed by atoms with van der Waals surface area (Å²) in [5, 5.41) is 15.2. The molecule has 1 fully saturated rings. The van der Waals surface area contributed by atoms with Crippen molar-refractivity contribution in [3.63, 3.8) is 0 Å². The molecule has 0 saturated carbocycles. The number of nitrogens with one attached hydrogen (secondary N) is 1. The van der Waals surface area contributed by atoms with Crippen LogP contribution in [-0.4, -0.2) is 67.7 Å². The van der Waals surface area contributed by atoms with E-state index in [1.807, 2.05) is 64.1 Å². The largest absolute Gasteiger partial charge is 0.444 e. The molecule has 47 heavy (non-hydrogen) atoms. The first-order chi connectivity index (χ1) is 22.3. The monoisotopic (exact) mass is 645 g/mol. The third kappa shape index (κ3) is 9.56. The van der Waals surface area contributed by atoms with Crippen LogP contribution < -0.4 is 11.1 Å². The quantitative estimate of drug-likeness (QED) is 0.213. The first-order valence-corrected chi connectivity index (χ1v) is 16.4. The zero-order chi connectivity index (χ0) is 34.2. The van der Waals surface area contributed by atoms with Gasteiger partial charge < -0.3 is 35.3 Å². The van der Waals surface area contributed by atoms with E-state index in [9.17, 15) is 14.7 Å². The number of nitrogens with zero attached hydrogens (tertiary/aromatic N) is 1. The topological polar surface area (TPSA) is 123 Å². The molecule has 4 rings (SSSR count). The van der Waals surface area contributed by atoms with Crippen LogP contribution in [0.3, 0.4) is 0 Å². The van der Waals surface area contributed by atoms with Crippen molar-refractivity contribution in [1.82, 2.24) is 10.2 Å². The molecule has 1 saturated heterocycles. The highest BCUT2D eigenvalue weighted by atomic mass is 16.6. The summed E-state index contributed by atoms with van der Waals surface area (Å²) in [4.78, 5) is 26.2. The molecular weight excluding hydrogens is 594 g/mol. The summed E-state index contributed by atoms with van der Waals surface area (Å²) in [5.74, 6) is -0.0947. The van der Waals surface area contributed by atoms with Crippen molar-refractivity contribution in [2.24, 2.45) is 11.7 Å². The molecule has 3 atom stereocenters. The summed E-state index contributed by atoms with van der Waals surface area (Å²) in [7, 11) is 1.69. The third-order valence-electron chi connectivity index (χ3n) is 8.64. The standard InChI is InChI=1S/C38H51N3O6/c1-26(23-45-6)24-46-25-28-11-14-31(15-12-28)38(44)18-20-41(36(43)47-37(3,4)5)22-34(38)32-16-13-30(21-27(32)2)33-10-8-7-9-29(33)17-19-40-35(39)42/h7-16,21,26,34,44H,17-20,22-25H2,1-6H3,(H3,39,40,42)/t26-,34+,38-/m0/s1. The number of methoxy groups -OCH3 is 1. The Bertz CT molecular complexity index is 1500. The molecular formula is C38H51N3O6. The van der Waals surface area contributed by atoms with Gasteiger partial charge in [-0.3, -0.25) is 0 Å². The Morgan fingerprint density at radius 3 is 2.47 bits per heavy atom. The number of urea groups is 1. The number of aliphatic hydroxyl groups is 1. The molecule has 254 valence electrons. The van der Waals surface area contributed by atoms with E-state index >= 15 is 0 Å². The van der Waals surface area contributed by atoms with E-state index in [2.05, 4.69) is 42.6 Å². The first kappa shape index (κ1) is 35.9. The molecule has 1 aliphatic heterocycles. The van der Waals surface area contributed by atoms with Crippen LogP contribution in [0.1, 0.15) is 67.9 Å². The molecule has 0 aromatic heterocycles.